The zero-order chi connectivity index (χ0) is 14.1. The molecule has 3 rings (SSSR count). The van der Waals surface area contributed by atoms with Gasteiger partial charge in [0.1, 0.15) is 0 Å². The van der Waals surface area contributed by atoms with Gasteiger partial charge in [-0.1, -0.05) is 33.1 Å². The van der Waals surface area contributed by atoms with Crippen LogP contribution in [0.2, 0.25) is 0 Å². The van der Waals surface area contributed by atoms with Gasteiger partial charge in [0.2, 0.25) is 0 Å². The first kappa shape index (κ1) is 14.4. The number of hydrogen-bond acceptors (Lipinski definition) is 2. The van der Waals surface area contributed by atoms with Crippen molar-refractivity contribution in [3.05, 3.63) is 0 Å². The van der Waals surface area contributed by atoms with Gasteiger partial charge in [-0.15, -0.1) is 0 Å². The first-order chi connectivity index (χ1) is 9.69. The lowest BCUT2D eigenvalue weighted by molar-refractivity contribution is -0.154. The zero-order valence-electron chi connectivity index (χ0n) is 13.1. The second-order valence-electron chi connectivity index (χ2n) is 7.64. The second-order valence-corrected chi connectivity index (χ2v) is 7.64. The smallest absolute Gasteiger partial charge is 0.309 e. The molecule has 2 nitrogen and oxygen atoms in total. The minimum Gasteiger partial charge on any atom is -0.465 e. The highest BCUT2D eigenvalue weighted by Gasteiger charge is 2.49. The van der Waals surface area contributed by atoms with E-state index in [1.165, 1.54) is 51.4 Å². The number of ether oxygens (including phenoxy) is 1. The van der Waals surface area contributed by atoms with Crippen molar-refractivity contribution in [3.8, 4) is 0 Å². The fourth-order valence-corrected chi connectivity index (χ4v) is 5.09. The Labute approximate surface area is 123 Å². The topological polar surface area (TPSA) is 26.3 Å². The van der Waals surface area contributed by atoms with E-state index in [1.54, 1.807) is 0 Å². The fraction of sp³-hybridized carbons (Fsp3) is 0.944. The van der Waals surface area contributed by atoms with Crippen LogP contribution in [0.15, 0.2) is 0 Å². The SMILES string of the molecule is CCC1CCC(COC(=O)C2C3CCC(C3)C2C)CC1. The van der Waals surface area contributed by atoms with Crippen molar-refractivity contribution in [1.29, 1.82) is 0 Å². The monoisotopic (exact) mass is 278 g/mol. The molecular weight excluding hydrogens is 248 g/mol. The number of hydrogen-bond donors (Lipinski definition) is 0. The maximum atomic E-state index is 12.4. The van der Waals surface area contributed by atoms with Crippen LogP contribution in [0, 0.1) is 35.5 Å². The molecule has 0 aromatic rings. The number of rotatable bonds is 4. The molecule has 0 aromatic heterocycles. The van der Waals surface area contributed by atoms with Gasteiger partial charge in [0, 0.05) is 0 Å². The van der Waals surface area contributed by atoms with Crippen molar-refractivity contribution in [2.45, 2.75) is 65.2 Å². The van der Waals surface area contributed by atoms with Gasteiger partial charge in [-0.3, -0.25) is 4.79 Å². The summed E-state index contributed by atoms with van der Waals surface area (Å²) in [6.07, 6.45) is 10.4. The molecule has 0 saturated heterocycles. The standard InChI is InChI=1S/C18H30O2/c1-3-13-4-6-14(7-5-13)11-20-18(19)17-12(2)15-8-9-16(17)10-15/h12-17H,3-11H2,1-2H3. The van der Waals surface area contributed by atoms with E-state index in [4.69, 9.17) is 4.74 Å². The first-order valence-electron chi connectivity index (χ1n) is 8.85. The van der Waals surface area contributed by atoms with Crippen LogP contribution in [0.5, 0.6) is 0 Å². The van der Waals surface area contributed by atoms with Crippen LogP contribution in [-0.2, 0) is 9.53 Å². The summed E-state index contributed by atoms with van der Waals surface area (Å²) in [5.74, 6) is 3.92. The third kappa shape index (κ3) is 2.76. The summed E-state index contributed by atoms with van der Waals surface area (Å²) in [7, 11) is 0. The molecule has 20 heavy (non-hydrogen) atoms. The Morgan fingerprint density at radius 2 is 1.65 bits per heavy atom. The molecule has 2 heteroatoms. The van der Waals surface area contributed by atoms with E-state index in [2.05, 4.69) is 13.8 Å². The Bertz CT molecular complexity index is 341. The molecule has 0 radical (unpaired) electrons. The number of carbonyl (C=O) groups is 1. The molecule has 3 aliphatic carbocycles. The molecular formula is C18H30O2. The minimum atomic E-state index is 0.127. The quantitative estimate of drug-likeness (QED) is 0.711. The maximum absolute atomic E-state index is 12.4. The molecule has 3 aliphatic rings. The molecule has 0 N–H and O–H groups in total. The van der Waals surface area contributed by atoms with Gasteiger partial charge in [-0.05, 0) is 61.7 Å². The summed E-state index contributed by atoms with van der Waals surface area (Å²) in [5.41, 5.74) is 0. The van der Waals surface area contributed by atoms with Crippen LogP contribution in [-0.4, -0.2) is 12.6 Å². The Balaban J connectivity index is 1.44. The second kappa shape index (κ2) is 6.07. The number of esters is 1. The van der Waals surface area contributed by atoms with E-state index in [-0.39, 0.29) is 11.9 Å². The zero-order valence-corrected chi connectivity index (χ0v) is 13.1. The Morgan fingerprint density at radius 1 is 1.00 bits per heavy atom. The van der Waals surface area contributed by atoms with Gasteiger partial charge in [0.25, 0.3) is 0 Å². The highest BCUT2D eigenvalue weighted by molar-refractivity contribution is 5.73. The van der Waals surface area contributed by atoms with Crippen LogP contribution in [0.1, 0.15) is 65.2 Å². The van der Waals surface area contributed by atoms with Gasteiger partial charge in [0.15, 0.2) is 0 Å². The molecule has 0 aromatic carbocycles. The molecule has 0 aliphatic heterocycles. The van der Waals surface area contributed by atoms with Crippen LogP contribution in [0.3, 0.4) is 0 Å². The minimum absolute atomic E-state index is 0.127. The highest BCUT2D eigenvalue weighted by atomic mass is 16.5. The summed E-state index contributed by atoms with van der Waals surface area (Å²) < 4.78 is 5.72. The van der Waals surface area contributed by atoms with Crippen LogP contribution in [0.4, 0.5) is 0 Å². The number of carbonyl (C=O) groups excluding carboxylic acids is 1. The van der Waals surface area contributed by atoms with Crippen LogP contribution < -0.4 is 0 Å². The van der Waals surface area contributed by atoms with Gasteiger partial charge < -0.3 is 4.74 Å². The molecule has 2 bridgehead atoms. The van der Waals surface area contributed by atoms with E-state index < -0.39 is 0 Å². The summed E-state index contributed by atoms with van der Waals surface area (Å²) in [6.45, 7) is 5.25. The van der Waals surface area contributed by atoms with Crippen molar-refractivity contribution in [3.63, 3.8) is 0 Å². The van der Waals surface area contributed by atoms with Gasteiger partial charge in [0.05, 0.1) is 12.5 Å². The lowest BCUT2D eigenvalue weighted by Crippen LogP contribution is -2.31. The third-order valence-electron chi connectivity index (χ3n) is 6.61. The predicted octanol–water partition coefficient (Wildman–Crippen LogP) is 4.43. The fourth-order valence-electron chi connectivity index (χ4n) is 5.09. The van der Waals surface area contributed by atoms with Crippen molar-refractivity contribution < 1.29 is 9.53 Å². The van der Waals surface area contributed by atoms with E-state index >= 15 is 0 Å². The summed E-state index contributed by atoms with van der Waals surface area (Å²) in [4.78, 5) is 12.4. The van der Waals surface area contributed by atoms with Crippen molar-refractivity contribution in [1.82, 2.24) is 0 Å². The lowest BCUT2D eigenvalue weighted by atomic mass is 9.80. The average Bonchev–Trinajstić information content (AvgIpc) is 3.06. The first-order valence-corrected chi connectivity index (χ1v) is 8.85. The molecule has 0 heterocycles. The van der Waals surface area contributed by atoms with Crippen molar-refractivity contribution >= 4 is 5.97 Å². The van der Waals surface area contributed by atoms with Crippen molar-refractivity contribution in [2.75, 3.05) is 6.61 Å². The Morgan fingerprint density at radius 3 is 2.25 bits per heavy atom. The molecule has 4 atom stereocenters. The van der Waals surface area contributed by atoms with Gasteiger partial charge in [-0.25, -0.2) is 0 Å². The van der Waals surface area contributed by atoms with Crippen LogP contribution >= 0.6 is 0 Å². The maximum Gasteiger partial charge on any atom is 0.309 e. The average molecular weight is 278 g/mol. The van der Waals surface area contributed by atoms with Gasteiger partial charge >= 0.3 is 5.97 Å². The Hall–Kier alpha value is -0.530. The Kier molecular flexibility index (Phi) is 4.37. The normalized spacial score (nSPS) is 43.7. The lowest BCUT2D eigenvalue weighted by Gasteiger charge is -2.29. The molecule has 3 fully saturated rings. The third-order valence-corrected chi connectivity index (χ3v) is 6.61. The van der Waals surface area contributed by atoms with E-state index in [0.29, 0.717) is 24.4 Å². The molecule has 0 amide bonds. The van der Waals surface area contributed by atoms with Crippen molar-refractivity contribution in [2.24, 2.45) is 35.5 Å². The van der Waals surface area contributed by atoms with E-state index in [9.17, 15) is 4.79 Å². The molecule has 4 unspecified atom stereocenters. The summed E-state index contributed by atoms with van der Waals surface area (Å²) in [5, 5.41) is 0. The highest BCUT2D eigenvalue weighted by Crippen LogP contribution is 2.52. The molecule has 0 spiro atoms. The number of fused-ring (bicyclic) bond motifs is 2. The van der Waals surface area contributed by atoms with E-state index in [1.807, 2.05) is 0 Å². The van der Waals surface area contributed by atoms with E-state index in [0.717, 1.165) is 11.8 Å². The van der Waals surface area contributed by atoms with Crippen LogP contribution in [0.25, 0.3) is 0 Å². The summed E-state index contributed by atoms with van der Waals surface area (Å²) in [6, 6.07) is 0. The van der Waals surface area contributed by atoms with Gasteiger partial charge in [-0.2, -0.15) is 0 Å². The summed E-state index contributed by atoms with van der Waals surface area (Å²) >= 11 is 0. The largest absolute Gasteiger partial charge is 0.465 e. The molecule has 114 valence electrons. The molecule has 3 saturated carbocycles. The predicted molar refractivity (Wildman–Crippen MR) is 80.2 cm³/mol.